The van der Waals surface area contributed by atoms with Crippen molar-refractivity contribution in [2.24, 2.45) is 0 Å². The number of halogens is 2. The van der Waals surface area contributed by atoms with E-state index in [9.17, 15) is 23.2 Å². The molecular weight excluding hydrogens is 450 g/mol. The Labute approximate surface area is 192 Å². The number of nitrogens with one attached hydrogen (secondary N) is 2. The van der Waals surface area contributed by atoms with Crippen molar-refractivity contribution in [1.82, 2.24) is 5.32 Å². The van der Waals surface area contributed by atoms with Crippen LogP contribution in [0, 0.1) is 0 Å². The normalized spacial score (nSPS) is 13.1. The van der Waals surface area contributed by atoms with Crippen LogP contribution in [0.1, 0.15) is 34.0 Å². The lowest BCUT2D eigenvalue weighted by Crippen LogP contribution is -2.41. The Morgan fingerprint density at radius 2 is 1.62 bits per heavy atom. The molecular formula is C24H20F2N2O6. The summed E-state index contributed by atoms with van der Waals surface area (Å²) in [7, 11) is 0. The second kappa shape index (κ2) is 9.74. The van der Waals surface area contributed by atoms with Gasteiger partial charge in [-0.05, 0) is 22.3 Å². The van der Waals surface area contributed by atoms with Crippen molar-refractivity contribution in [3.05, 3.63) is 77.7 Å². The van der Waals surface area contributed by atoms with E-state index in [4.69, 9.17) is 14.3 Å². The molecule has 4 rings (SSSR count). The summed E-state index contributed by atoms with van der Waals surface area (Å²) in [6, 6.07) is 15.0. The van der Waals surface area contributed by atoms with Gasteiger partial charge in [0.05, 0.1) is 18.4 Å². The summed E-state index contributed by atoms with van der Waals surface area (Å²) in [4.78, 5) is 35.5. The van der Waals surface area contributed by atoms with Crippen LogP contribution in [0.25, 0.3) is 11.1 Å². The maximum Gasteiger partial charge on any atom is 0.411 e. The highest BCUT2D eigenvalue weighted by atomic mass is 19.3. The Hall–Kier alpha value is -4.21. The van der Waals surface area contributed by atoms with Gasteiger partial charge in [-0.15, -0.1) is 0 Å². The van der Waals surface area contributed by atoms with Gasteiger partial charge in [0.15, 0.2) is 0 Å². The standard InChI is InChI=1S/C24H20F2N2O6/c25-22(26)19(11-20(29)30)27-23(31)21-18(9-10-33-21)28-24(32)34-12-17-15-7-3-1-5-13(15)14-6-2-4-8-16(14)17/h1-10,17,19,22H,11-12H2,(H,27,31)(H,28,32)(H,29,30). The largest absolute Gasteiger partial charge is 0.481 e. The van der Waals surface area contributed by atoms with Gasteiger partial charge in [0.2, 0.25) is 5.76 Å². The molecule has 1 aromatic heterocycles. The minimum absolute atomic E-state index is 0.0330. The van der Waals surface area contributed by atoms with Crippen LogP contribution in [0.4, 0.5) is 19.3 Å². The number of anilines is 1. The van der Waals surface area contributed by atoms with Gasteiger partial charge in [0.25, 0.3) is 12.3 Å². The lowest BCUT2D eigenvalue weighted by atomic mass is 9.98. The fourth-order valence-corrected chi connectivity index (χ4v) is 3.95. The van der Waals surface area contributed by atoms with Gasteiger partial charge >= 0.3 is 12.1 Å². The van der Waals surface area contributed by atoms with E-state index in [2.05, 4.69) is 5.32 Å². The molecule has 0 bridgehead atoms. The molecule has 0 aliphatic heterocycles. The topological polar surface area (TPSA) is 118 Å². The van der Waals surface area contributed by atoms with E-state index < -0.39 is 42.6 Å². The van der Waals surface area contributed by atoms with E-state index in [-0.39, 0.29) is 18.2 Å². The van der Waals surface area contributed by atoms with E-state index in [1.54, 1.807) is 0 Å². The van der Waals surface area contributed by atoms with E-state index in [1.165, 1.54) is 6.07 Å². The molecule has 176 valence electrons. The second-order valence-corrected chi connectivity index (χ2v) is 7.63. The first-order chi connectivity index (χ1) is 16.3. The molecule has 3 N–H and O–H groups in total. The highest BCUT2D eigenvalue weighted by molar-refractivity contribution is 6.00. The Kier molecular flexibility index (Phi) is 6.58. The van der Waals surface area contributed by atoms with Crippen LogP contribution < -0.4 is 10.6 Å². The summed E-state index contributed by atoms with van der Waals surface area (Å²) in [5.41, 5.74) is 4.08. The average molecular weight is 470 g/mol. The smallest absolute Gasteiger partial charge is 0.411 e. The first-order valence-electron chi connectivity index (χ1n) is 10.4. The van der Waals surface area contributed by atoms with Crippen LogP contribution in [-0.2, 0) is 9.53 Å². The number of aliphatic carboxylic acids is 1. The summed E-state index contributed by atoms with van der Waals surface area (Å²) in [6.45, 7) is 0.0330. The van der Waals surface area contributed by atoms with Crippen molar-refractivity contribution in [1.29, 1.82) is 0 Å². The predicted octanol–water partition coefficient (Wildman–Crippen LogP) is 4.48. The maximum absolute atomic E-state index is 13.0. The third kappa shape index (κ3) is 4.75. The molecule has 1 unspecified atom stereocenters. The number of hydrogen-bond donors (Lipinski definition) is 3. The summed E-state index contributed by atoms with van der Waals surface area (Å²) < 4.78 is 36.5. The van der Waals surface area contributed by atoms with Crippen molar-refractivity contribution in [3.8, 4) is 11.1 Å². The first-order valence-corrected chi connectivity index (χ1v) is 10.4. The van der Waals surface area contributed by atoms with Crippen LogP contribution >= 0.6 is 0 Å². The van der Waals surface area contributed by atoms with Gasteiger partial charge in [-0.3, -0.25) is 14.9 Å². The Morgan fingerprint density at radius 3 is 2.21 bits per heavy atom. The van der Waals surface area contributed by atoms with Crippen LogP contribution in [0.5, 0.6) is 0 Å². The third-order valence-electron chi connectivity index (χ3n) is 5.47. The number of carbonyl (C=O) groups excluding carboxylic acids is 2. The minimum atomic E-state index is -3.10. The molecule has 0 fully saturated rings. The summed E-state index contributed by atoms with van der Waals surface area (Å²) in [5, 5.41) is 13.0. The molecule has 8 nitrogen and oxygen atoms in total. The lowest BCUT2D eigenvalue weighted by molar-refractivity contribution is -0.138. The van der Waals surface area contributed by atoms with E-state index in [1.807, 2.05) is 53.8 Å². The Morgan fingerprint density at radius 1 is 1.00 bits per heavy atom. The zero-order valence-corrected chi connectivity index (χ0v) is 17.7. The number of ether oxygens (including phenoxy) is 1. The minimum Gasteiger partial charge on any atom is -0.481 e. The number of carbonyl (C=O) groups is 3. The van der Waals surface area contributed by atoms with Crippen molar-refractivity contribution in [3.63, 3.8) is 0 Å². The molecule has 3 aromatic rings. The molecule has 1 atom stereocenters. The molecule has 0 spiro atoms. The molecule has 1 heterocycles. The number of alkyl halides is 2. The number of fused-ring (bicyclic) bond motifs is 3. The molecule has 0 saturated carbocycles. The van der Waals surface area contributed by atoms with E-state index in [0.29, 0.717) is 0 Å². The number of amides is 2. The Bertz CT molecular complexity index is 1180. The highest BCUT2D eigenvalue weighted by Crippen LogP contribution is 2.44. The van der Waals surface area contributed by atoms with Gasteiger partial charge in [0, 0.05) is 12.0 Å². The molecule has 0 saturated heterocycles. The molecule has 2 amide bonds. The SMILES string of the molecule is O=C(O)CC(NC(=O)c1occc1NC(=O)OCC1c2ccccc2-c2ccccc21)C(F)F. The molecule has 1 aliphatic carbocycles. The molecule has 1 aliphatic rings. The number of carboxylic acid groups (broad SMARTS) is 1. The van der Waals surface area contributed by atoms with Crippen molar-refractivity contribution in [2.75, 3.05) is 11.9 Å². The number of rotatable bonds is 8. The fraction of sp³-hybridized carbons (Fsp3) is 0.208. The molecule has 34 heavy (non-hydrogen) atoms. The molecule has 10 heteroatoms. The Balaban J connectivity index is 1.41. The number of hydrogen-bond acceptors (Lipinski definition) is 5. The van der Waals surface area contributed by atoms with Crippen LogP contribution in [0.15, 0.2) is 65.3 Å². The van der Waals surface area contributed by atoms with Crippen LogP contribution in [0.2, 0.25) is 0 Å². The van der Waals surface area contributed by atoms with Gasteiger partial charge in [-0.2, -0.15) is 0 Å². The van der Waals surface area contributed by atoms with Crippen LogP contribution in [0.3, 0.4) is 0 Å². The number of benzene rings is 2. The van der Waals surface area contributed by atoms with Gasteiger partial charge in [-0.25, -0.2) is 13.6 Å². The first kappa shape index (κ1) is 23.0. The quantitative estimate of drug-likeness (QED) is 0.447. The zero-order chi connectivity index (χ0) is 24.2. The van der Waals surface area contributed by atoms with Crippen LogP contribution in [-0.4, -0.2) is 42.2 Å². The highest BCUT2D eigenvalue weighted by Gasteiger charge is 2.30. The maximum atomic E-state index is 13.0. The van der Waals surface area contributed by atoms with E-state index in [0.717, 1.165) is 28.5 Å². The average Bonchev–Trinajstić information content (AvgIpc) is 3.39. The van der Waals surface area contributed by atoms with Gasteiger partial charge < -0.3 is 19.6 Å². The zero-order valence-electron chi connectivity index (χ0n) is 17.7. The van der Waals surface area contributed by atoms with Crippen molar-refractivity contribution < 1.29 is 37.4 Å². The second-order valence-electron chi connectivity index (χ2n) is 7.63. The van der Waals surface area contributed by atoms with E-state index >= 15 is 0 Å². The molecule has 0 radical (unpaired) electrons. The fourth-order valence-electron chi connectivity index (χ4n) is 3.95. The summed E-state index contributed by atoms with van der Waals surface area (Å²) in [5.74, 6) is -3.22. The predicted molar refractivity (Wildman–Crippen MR) is 117 cm³/mol. The van der Waals surface area contributed by atoms with Gasteiger partial charge in [-0.1, -0.05) is 48.5 Å². The summed E-state index contributed by atoms with van der Waals surface area (Å²) >= 11 is 0. The molecule has 2 aromatic carbocycles. The van der Waals surface area contributed by atoms with Gasteiger partial charge in [0.1, 0.15) is 12.6 Å². The lowest BCUT2D eigenvalue weighted by Gasteiger charge is -2.16. The van der Waals surface area contributed by atoms with Crippen molar-refractivity contribution >= 4 is 23.7 Å². The number of furan rings is 1. The monoisotopic (exact) mass is 470 g/mol. The number of carboxylic acids is 1. The summed E-state index contributed by atoms with van der Waals surface area (Å²) in [6.07, 6.45) is -3.86. The van der Waals surface area contributed by atoms with Crippen molar-refractivity contribution in [2.45, 2.75) is 24.8 Å². The third-order valence-corrected chi connectivity index (χ3v) is 5.47.